The molecule has 0 spiro atoms. The molecule has 0 heterocycles. The van der Waals surface area contributed by atoms with Crippen molar-refractivity contribution in [1.82, 2.24) is 0 Å². The maximum Gasteiger partial charge on any atom is 0.136 e. The first-order chi connectivity index (χ1) is 11.4. The standard InChI is InChI=1S/C22H36O2/c1-4-15-6-8-20-18-7-5-16-13-17(24)9-11-21(16,3)19(18)10-12-22(15,20)14(2)23/h15-20,24H,4-13H2,1-3H3/t15-,16-,17+,18+,19-,20-,21-,22-/m0/s1. The Balaban J connectivity index is 1.66. The van der Waals surface area contributed by atoms with E-state index in [1.165, 1.54) is 44.9 Å². The van der Waals surface area contributed by atoms with Gasteiger partial charge >= 0.3 is 0 Å². The second-order valence-electron chi connectivity index (χ2n) is 9.90. The lowest BCUT2D eigenvalue weighted by molar-refractivity contribution is -0.153. The highest BCUT2D eigenvalue weighted by Gasteiger charge is 2.62. The van der Waals surface area contributed by atoms with E-state index in [0.717, 1.165) is 37.0 Å². The molecule has 8 atom stereocenters. The van der Waals surface area contributed by atoms with Gasteiger partial charge in [0.2, 0.25) is 0 Å². The van der Waals surface area contributed by atoms with Gasteiger partial charge in [-0.05, 0) is 99.7 Å². The van der Waals surface area contributed by atoms with Gasteiger partial charge in [0.1, 0.15) is 5.78 Å². The molecule has 0 unspecified atom stereocenters. The Kier molecular flexibility index (Phi) is 4.14. The lowest BCUT2D eigenvalue weighted by Gasteiger charge is -2.61. The fraction of sp³-hybridized carbons (Fsp3) is 0.955. The first-order valence-electron chi connectivity index (χ1n) is 10.6. The Morgan fingerprint density at radius 1 is 1.04 bits per heavy atom. The van der Waals surface area contributed by atoms with Crippen LogP contribution in [0.25, 0.3) is 0 Å². The van der Waals surface area contributed by atoms with Gasteiger partial charge in [-0.2, -0.15) is 0 Å². The molecule has 4 aliphatic rings. The van der Waals surface area contributed by atoms with E-state index >= 15 is 0 Å². The Morgan fingerprint density at radius 3 is 2.54 bits per heavy atom. The third-order valence-corrected chi connectivity index (χ3v) is 9.47. The summed E-state index contributed by atoms with van der Waals surface area (Å²) >= 11 is 0. The topological polar surface area (TPSA) is 37.3 Å². The van der Waals surface area contributed by atoms with E-state index in [1.807, 2.05) is 6.92 Å². The van der Waals surface area contributed by atoms with Crippen molar-refractivity contribution in [2.75, 3.05) is 0 Å². The minimum atomic E-state index is -0.0597. The molecule has 1 N–H and O–H groups in total. The van der Waals surface area contributed by atoms with E-state index < -0.39 is 0 Å². The van der Waals surface area contributed by atoms with Crippen LogP contribution < -0.4 is 0 Å². The summed E-state index contributed by atoms with van der Waals surface area (Å²) in [5.74, 6) is 4.09. The smallest absolute Gasteiger partial charge is 0.136 e. The zero-order chi connectivity index (χ0) is 17.1. The SMILES string of the molecule is CC[C@H]1CC[C@H]2[C@@H]3CC[C@H]4C[C@H](O)CC[C@]4(C)[C@H]3CC[C@]12C(C)=O. The molecule has 0 radical (unpaired) electrons. The average Bonchev–Trinajstić information content (AvgIpc) is 2.95. The highest BCUT2D eigenvalue weighted by molar-refractivity contribution is 5.83. The summed E-state index contributed by atoms with van der Waals surface area (Å²) in [5, 5.41) is 10.1. The van der Waals surface area contributed by atoms with E-state index in [4.69, 9.17) is 0 Å². The second kappa shape index (κ2) is 5.83. The Morgan fingerprint density at radius 2 is 1.83 bits per heavy atom. The Hall–Kier alpha value is -0.370. The summed E-state index contributed by atoms with van der Waals surface area (Å²) in [6, 6.07) is 0. The highest BCUT2D eigenvalue weighted by atomic mass is 16.3. The van der Waals surface area contributed by atoms with E-state index in [2.05, 4.69) is 13.8 Å². The fourth-order valence-corrected chi connectivity index (χ4v) is 8.31. The van der Waals surface area contributed by atoms with Crippen molar-refractivity contribution in [1.29, 1.82) is 0 Å². The van der Waals surface area contributed by atoms with Crippen LogP contribution in [0.3, 0.4) is 0 Å². The molecule has 24 heavy (non-hydrogen) atoms. The number of carbonyl (C=O) groups excluding carboxylic acids is 1. The molecule has 4 fully saturated rings. The molecule has 136 valence electrons. The number of Topliss-reactive ketones (excluding diaryl/α,β-unsaturated/α-hetero) is 1. The zero-order valence-electron chi connectivity index (χ0n) is 15.9. The first-order valence-corrected chi connectivity index (χ1v) is 10.6. The lowest BCUT2D eigenvalue weighted by atomic mass is 9.44. The van der Waals surface area contributed by atoms with Gasteiger partial charge in [0.15, 0.2) is 0 Å². The third-order valence-electron chi connectivity index (χ3n) is 9.47. The predicted molar refractivity (Wildman–Crippen MR) is 96.5 cm³/mol. The van der Waals surface area contributed by atoms with Gasteiger partial charge in [-0.1, -0.05) is 20.3 Å². The summed E-state index contributed by atoms with van der Waals surface area (Å²) < 4.78 is 0. The van der Waals surface area contributed by atoms with Crippen molar-refractivity contribution in [3.63, 3.8) is 0 Å². The van der Waals surface area contributed by atoms with E-state index in [0.29, 0.717) is 23.0 Å². The number of hydrogen-bond donors (Lipinski definition) is 1. The fourth-order valence-electron chi connectivity index (χ4n) is 8.31. The molecule has 0 aromatic rings. The first kappa shape index (κ1) is 17.1. The molecule has 0 bridgehead atoms. The van der Waals surface area contributed by atoms with Crippen LogP contribution in [0.1, 0.15) is 85.0 Å². The zero-order valence-corrected chi connectivity index (χ0v) is 15.9. The van der Waals surface area contributed by atoms with Crippen LogP contribution in [0.2, 0.25) is 0 Å². The molecule has 4 rings (SSSR count). The molecule has 4 saturated carbocycles. The number of rotatable bonds is 2. The molecule has 2 heteroatoms. The van der Waals surface area contributed by atoms with E-state index in [-0.39, 0.29) is 11.5 Å². The highest BCUT2D eigenvalue weighted by Crippen LogP contribution is 2.68. The molecule has 4 aliphatic carbocycles. The quantitative estimate of drug-likeness (QED) is 0.774. The number of aliphatic hydroxyl groups is 1. The monoisotopic (exact) mass is 332 g/mol. The van der Waals surface area contributed by atoms with Crippen molar-refractivity contribution in [2.24, 2.45) is 40.4 Å². The normalized spacial score (nSPS) is 53.8. The van der Waals surface area contributed by atoms with Crippen molar-refractivity contribution in [2.45, 2.75) is 91.1 Å². The molecule has 0 saturated heterocycles. The molecule has 0 aliphatic heterocycles. The molecule has 2 nitrogen and oxygen atoms in total. The molecule has 0 aromatic carbocycles. The summed E-state index contributed by atoms with van der Waals surface area (Å²) in [6.07, 6.45) is 11.9. The van der Waals surface area contributed by atoms with Gasteiger partial charge < -0.3 is 5.11 Å². The summed E-state index contributed by atoms with van der Waals surface area (Å²) in [7, 11) is 0. The number of aliphatic hydroxyl groups excluding tert-OH is 1. The molecule has 0 aromatic heterocycles. The van der Waals surface area contributed by atoms with Gasteiger partial charge in [0.05, 0.1) is 6.10 Å². The number of fused-ring (bicyclic) bond motifs is 5. The van der Waals surface area contributed by atoms with Gasteiger partial charge in [-0.25, -0.2) is 0 Å². The summed E-state index contributed by atoms with van der Waals surface area (Å²) in [4.78, 5) is 12.8. The maximum absolute atomic E-state index is 12.8. The number of carbonyl (C=O) groups is 1. The van der Waals surface area contributed by atoms with Crippen LogP contribution in [0.15, 0.2) is 0 Å². The molecular weight excluding hydrogens is 296 g/mol. The minimum Gasteiger partial charge on any atom is -0.393 e. The van der Waals surface area contributed by atoms with Gasteiger partial charge in [0.25, 0.3) is 0 Å². The third kappa shape index (κ3) is 2.14. The van der Waals surface area contributed by atoms with E-state index in [1.54, 1.807) is 0 Å². The van der Waals surface area contributed by atoms with Crippen LogP contribution in [-0.2, 0) is 4.79 Å². The van der Waals surface area contributed by atoms with Crippen LogP contribution in [-0.4, -0.2) is 17.0 Å². The van der Waals surface area contributed by atoms with Crippen molar-refractivity contribution >= 4 is 5.78 Å². The minimum absolute atomic E-state index is 0.0211. The van der Waals surface area contributed by atoms with Crippen molar-refractivity contribution in [3.05, 3.63) is 0 Å². The van der Waals surface area contributed by atoms with Crippen LogP contribution in [0, 0.1) is 40.4 Å². The Bertz CT molecular complexity index is 514. The van der Waals surface area contributed by atoms with Gasteiger partial charge in [0, 0.05) is 5.41 Å². The molecular formula is C22H36O2. The molecule has 0 amide bonds. The maximum atomic E-state index is 12.8. The summed E-state index contributed by atoms with van der Waals surface area (Å²) in [5.41, 5.74) is 0.447. The van der Waals surface area contributed by atoms with Gasteiger partial charge in [-0.3, -0.25) is 4.79 Å². The van der Waals surface area contributed by atoms with Crippen molar-refractivity contribution < 1.29 is 9.90 Å². The average molecular weight is 333 g/mol. The summed E-state index contributed by atoms with van der Waals surface area (Å²) in [6.45, 7) is 6.73. The Labute approximate surface area is 147 Å². The second-order valence-corrected chi connectivity index (χ2v) is 9.90. The number of ketones is 1. The van der Waals surface area contributed by atoms with Crippen LogP contribution in [0.5, 0.6) is 0 Å². The largest absolute Gasteiger partial charge is 0.393 e. The number of hydrogen-bond acceptors (Lipinski definition) is 2. The lowest BCUT2D eigenvalue weighted by Crippen LogP contribution is -2.56. The van der Waals surface area contributed by atoms with Gasteiger partial charge in [-0.15, -0.1) is 0 Å². The van der Waals surface area contributed by atoms with Crippen LogP contribution >= 0.6 is 0 Å². The predicted octanol–water partition coefficient (Wildman–Crippen LogP) is 4.99. The van der Waals surface area contributed by atoms with E-state index in [9.17, 15) is 9.90 Å². The van der Waals surface area contributed by atoms with Crippen molar-refractivity contribution in [3.8, 4) is 0 Å². The van der Waals surface area contributed by atoms with Crippen LogP contribution in [0.4, 0.5) is 0 Å².